The predicted molar refractivity (Wildman–Crippen MR) is 245 cm³/mol. The summed E-state index contributed by atoms with van der Waals surface area (Å²) in [4.78, 5) is 2.47. The van der Waals surface area contributed by atoms with E-state index in [-0.39, 0.29) is 0 Å². The molecule has 3 nitrogen and oxygen atoms in total. The molecule has 1 atom stereocenters. The van der Waals surface area contributed by atoms with Gasteiger partial charge in [0, 0.05) is 54.8 Å². The third kappa shape index (κ3) is 4.31. The Morgan fingerprint density at radius 3 is 2.19 bits per heavy atom. The summed E-state index contributed by atoms with van der Waals surface area (Å²) in [5.74, 6) is 0.437. The molecule has 12 aromatic rings. The van der Waals surface area contributed by atoms with Crippen LogP contribution in [0.15, 0.2) is 170 Å². The average molecular weight is 746 g/mol. The van der Waals surface area contributed by atoms with Gasteiger partial charge in [0.05, 0.1) is 26.9 Å². The fourth-order valence-electron chi connectivity index (χ4n) is 10.1. The van der Waals surface area contributed by atoms with Crippen molar-refractivity contribution in [2.24, 2.45) is 0 Å². The fourth-order valence-corrected chi connectivity index (χ4v) is 11.3. The molecule has 1 unspecified atom stereocenters. The Bertz CT molecular complexity index is 3630. The molecule has 0 fully saturated rings. The number of allylic oxidation sites excluding steroid dienone is 1. The van der Waals surface area contributed by atoms with Crippen LogP contribution in [0.4, 0.5) is 17.1 Å². The van der Waals surface area contributed by atoms with Crippen LogP contribution in [-0.2, 0) is 0 Å². The Kier molecular flexibility index (Phi) is 6.36. The van der Waals surface area contributed by atoms with Crippen molar-refractivity contribution in [1.82, 2.24) is 8.80 Å². The van der Waals surface area contributed by atoms with Crippen LogP contribution in [0.3, 0.4) is 0 Å². The lowest BCUT2D eigenvalue weighted by Crippen LogP contribution is -2.10. The topological polar surface area (TPSA) is 12.1 Å². The molecule has 4 heterocycles. The summed E-state index contributed by atoms with van der Waals surface area (Å²) in [5, 5.41) is 10.3. The first-order valence-electron chi connectivity index (χ1n) is 19.9. The van der Waals surface area contributed by atoms with Crippen LogP contribution in [0.2, 0.25) is 0 Å². The Hall–Kier alpha value is -6.88. The molecule has 57 heavy (non-hydrogen) atoms. The zero-order chi connectivity index (χ0) is 37.4. The summed E-state index contributed by atoms with van der Waals surface area (Å²) in [6.45, 7) is 2.38. The van der Waals surface area contributed by atoms with Crippen molar-refractivity contribution in [1.29, 1.82) is 0 Å². The van der Waals surface area contributed by atoms with Crippen molar-refractivity contribution in [3.63, 3.8) is 0 Å². The summed E-state index contributed by atoms with van der Waals surface area (Å²) in [6, 6.07) is 60.9. The van der Waals surface area contributed by atoms with Gasteiger partial charge in [-0.3, -0.25) is 8.80 Å². The Labute approximate surface area is 332 Å². The van der Waals surface area contributed by atoms with Crippen LogP contribution < -0.4 is 4.90 Å². The number of nitrogens with zero attached hydrogens (tertiary/aromatic N) is 3. The van der Waals surface area contributed by atoms with Gasteiger partial charge in [-0.15, -0.1) is 11.3 Å². The molecule has 0 amide bonds. The van der Waals surface area contributed by atoms with E-state index in [9.17, 15) is 0 Å². The smallest absolute Gasteiger partial charge is 0.131 e. The maximum Gasteiger partial charge on any atom is 0.131 e. The van der Waals surface area contributed by atoms with Crippen LogP contribution in [0.5, 0.6) is 0 Å². The van der Waals surface area contributed by atoms with Crippen molar-refractivity contribution in [3.8, 4) is 11.1 Å². The largest absolute Gasteiger partial charge is 0.309 e. The third-order valence-corrected chi connectivity index (χ3v) is 13.8. The van der Waals surface area contributed by atoms with Gasteiger partial charge in [-0.05, 0) is 93.7 Å². The van der Waals surface area contributed by atoms with Crippen molar-refractivity contribution < 1.29 is 0 Å². The zero-order valence-corrected chi connectivity index (χ0v) is 32.1. The standard InChI is InChI=1S/C53H35N3S/c1-32-11-8-19-44-50-43-16-4-6-20-45(43)55-47-30-35-25-28-38(29-36(35)31-48(47)56(51(32)44)53(50)55)54(46-21-10-18-42-41-15-5-7-22-49(41)57-52(42)46)37-26-23-34(24-27-37)40-17-9-13-33-12-2-3-14-39(33)40/h2-10,12-32H,11H2,1H3. The van der Waals surface area contributed by atoms with Gasteiger partial charge in [-0.1, -0.05) is 128 Å². The molecule has 0 saturated carbocycles. The molecular weight excluding hydrogens is 711 g/mol. The van der Waals surface area contributed by atoms with Crippen molar-refractivity contribution in [3.05, 3.63) is 181 Å². The van der Waals surface area contributed by atoms with Gasteiger partial charge in [0.2, 0.25) is 0 Å². The number of anilines is 3. The monoisotopic (exact) mass is 745 g/mol. The summed E-state index contributed by atoms with van der Waals surface area (Å²) in [7, 11) is 0. The van der Waals surface area contributed by atoms with E-state index in [0.717, 1.165) is 17.8 Å². The molecule has 1 aliphatic rings. The Balaban J connectivity index is 1.05. The van der Waals surface area contributed by atoms with Gasteiger partial charge in [-0.25, -0.2) is 0 Å². The summed E-state index contributed by atoms with van der Waals surface area (Å²) < 4.78 is 7.70. The first-order chi connectivity index (χ1) is 28.2. The highest BCUT2D eigenvalue weighted by Crippen LogP contribution is 2.48. The van der Waals surface area contributed by atoms with Gasteiger partial charge in [0.1, 0.15) is 5.65 Å². The highest BCUT2D eigenvalue weighted by molar-refractivity contribution is 7.26. The van der Waals surface area contributed by atoms with E-state index in [4.69, 9.17) is 0 Å². The molecule has 268 valence electrons. The zero-order valence-electron chi connectivity index (χ0n) is 31.3. The fraction of sp³-hybridized carbons (Fsp3) is 0.0566. The van der Waals surface area contributed by atoms with Gasteiger partial charge >= 0.3 is 0 Å². The predicted octanol–water partition coefficient (Wildman–Crippen LogP) is 15.3. The number of para-hydroxylation sites is 1. The molecule has 0 spiro atoms. The molecule has 0 aliphatic heterocycles. The van der Waals surface area contributed by atoms with Crippen molar-refractivity contribution in [2.45, 2.75) is 19.3 Å². The van der Waals surface area contributed by atoms with E-state index in [0.29, 0.717) is 5.92 Å². The second-order valence-electron chi connectivity index (χ2n) is 15.8. The number of hydrogen-bond acceptors (Lipinski definition) is 2. The Morgan fingerprint density at radius 2 is 1.28 bits per heavy atom. The second kappa shape index (κ2) is 11.6. The third-order valence-electron chi connectivity index (χ3n) is 12.6. The highest BCUT2D eigenvalue weighted by Gasteiger charge is 2.29. The Morgan fingerprint density at radius 1 is 0.561 bits per heavy atom. The number of thiophene rings is 1. The quantitative estimate of drug-likeness (QED) is 0.175. The summed E-state index contributed by atoms with van der Waals surface area (Å²) in [6.07, 6.45) is 5.79. The van der Waals surface area contributed by atoms with Gasteiger partial charge < -0.3 is 4.90 Å². The van der Waals surface area contributed by atoms with Crippen molar-refractivity contribution >= 4 is 109 Å². The van der Waals surface area contributed by atoms with E-state index >= 15 is 0 Å². The molecule has 0 saturated heterocycles. The van der Waals surface area contributed by atoms with Gasteiger partial charge in [0.15, 0.2) is 0 Å². The first kappa shape index (κ1) is 31.3. The average Bonchev–Trinajstić information content (AvgIpc) is 3.99. The minimum atomic E-state index is 0.437. The molecular formula is C53H35N3S. The maximum absolute atomic E-state index is 2.59. The molecule has 0 bridgehead atoms. The van der Waals surface area contributed by atoms with Crippen LogP contribution >= 0.6 is 11.3 Å². The lowest BCUT2D eigenvalue weighted by Gasteiger charge is -2.27. The number of fused-ring (bicyclic) bond motifs is 14. The van der Waals surface area contributed by atoms with E-state index in [2.05, 4.69) is 197 Å². The first-order valence-corrected chi connectivity index (χ1v) is 20.7. The minimum absolute atomic E-state index is 0.437. The lowest BCUT2D eigenvalue weighted by atomic mass is 9.93. The number of benzene rings is 8. The maximum atomic E-state index is 2.59. The van der Waals surface area contributed by atoms with Crippen LogP contribution in [0, 0.1) is 0 Å². The number of aromatic nitrogens is 2. The normalized spacial score (nSPS) is 14.4. The molecule has 1 aliphatic carbocycles. The summed E-state index contributed by atoms with van der Waals surface area (Å²) >= 11 is 1.88. The SMILES string of the molecule is CC1CC=Cc2c1n1c3cc4cc(N(c5ccc(-c6cccc7ccccc67)cc5)c5cccc6c5sc5ccccc56)ccc4cc3n3c4ccccc4c2c13. The van der Waals surface area contributed by atoms with Crippen LogP contribution in [0.25, 0.3) is 91.9 Å². The van der Waals surface area contributed by atoms with Gasteiger partial charge in [0.25, 0.3) is 0 Å². The number of imidazole rings is 1. The minimum Gasteiger partial charge on any atom is -0.309 e. The van der Waals surface area contributed by atoms with E-state index in [1.807, 2.05) is 11.3 Å². The number of rotatable bonds is 4. The second-order valence-corrected chi connectivity index (χ2v) is 16.8. The molecule has 4 heteroatoms. The van der Waals surface area contributed by atoms with Crippen LogP contribution in [0.1, 0.15) is 30.5 Å². The number of hydrogen-bond donors (Lipinski definition) is 0. The lowest BCUT2D eigenvalue weighted by molar-refractivity contribution is 0.738. The van der Waals surface area contributed by atoms with E-state index in [1.54, 1.807) is 0 Å². The molecule has 0 radical (unpaired) electrons. The van der Waals surface area contributed by atoms with Gasteiger partial charge in [-0.2, -0.15) is 0 Å². The van der Waals surface area contributed by atoms with Crippen LogP contribution in [-0.4, -0.2) is 8.80 Å². The van der Waals surface area contributed by atoms with E-state index in [1.165, 1.54) is 103 Å². The van der Waals surface area contributed by atoms with Crippen molar-refractivity contribution in [2.75, 3.05) is 4.90 Å². The molecule has 8 aromatic carbocycles. The molecule has 13 rings (SSSR count). The molecule has 0 N–H and O–H groups in total. The highest BCUT2D eigenvalue weighted by atomic mass is 32.1. The molecule has 4 aromatic heterocycles. The van der Waals surface area contributed by atoms with E-state index < -0.39 is 0 Å². The summed E-state index contributed by atoms with van der Waals surface area (Å²) in [5.41, 5.74) is 13.9.